The summed E-state index contributed by atoms with van der Waals surface area (Å²) < 4.78 is 0. The number of anilines is 1. The van der Waals surface area contributed by atoms with Crippen LogP contribution in [0, 0.1) is 24.0 Å². The molecule has 1 amide bonds. The summed E-state index contributed by atoms with van der Waals surface area (Å²) >= 11 is 1.44. The van der Waals surface area contributed by atoms with Crippen molar-refractivity contribution < 1.29 is 9.72 Å². The van der Waals surface area contributed by atoms with Crippen molar-refractivity contribution >= 4 is 29.0 Å². The molecule has 0 heterocycles. The molecular weight excluding hydrogens is 312 g/mol. The van der Waals surface area contributed by atoms with Gasteiger partial charge in [-0.25, -0.2) is 0 Å². The van der Waals surface area contributed by atoms with Gasteiger partial charge in [-0.05, 0) is 38.5 Å². The number of hydrogen-bond acceptors (Lipinski definition) is 4. The molecule has 1 atom stereocenters. The van der Waals surface area contributed by atoms with Crippen molar-refractivity contribution in [1.29, 1.82) is 0 Å². The molecular formula is C17H18N2O3S. The first-order chi connectivity index (χ1) is 10.9. The van der Waals surface area contributed by atoms with Crippen LogP contribution in [-0.2, 0) is 4.79 Å². The second-order valence-electron chi connectivity index (χ2n) is 5.29. The van der Waals surface area contributed by atoms with E-state index in [0.717, 1.165) is 16.0 Å². The van der Waals surface area contributed by atoms with Gasteiger partial charge in [0.25, 0.3) is 5.69 Å². The molecule has 6 heteroatoms. The number of carbonyl (C=O) groups is 1. The fourth-order valence-electron chi connectivity index (χ4n) is 2.05. The number of amides is 1. The minimum atomic E-state index is -0.502. The predicted octanol–water partition coefficient (Wildman–Crippen LogP) is 4.33. The highest BCUT2D eigenvalue weighted by Crippen LogP contribution is 2.29. The topological polar surface area (TPSA) is 72.2 Å². The van der Waals surface area contributed by atoms with E-state index in [9.17, 15) is 14.9 Å². The number of nitrogens with one attached hydrogen (secondary N) is 1. The number of nitro benzene ring substituents is 1. The third-order valence-corrected chi connectivity index (χ3v) is 4.64. The van der Waals surface area contributed by atoms with E-state index in [1.807, 2.05) is 32.0 Å². The molecule has 0 aliphatic rings. The molecule has 120 valence electrons. The Balaban J connectivity index is 2.12. The zero-order chi connectivity index (χ0) is 17.0. The van der Waals surface area contributed by atoms with E-state index in [1.165, 1.54) is 23.9 Å². The highest BCUT2D eigenvalue weighted by atomic mass is 32.2. The van der Waals surface area contributed by atoms with Crippen LogP contribution in [0.4, 0.5) is 11.4 Å². The summed E-state index contributed by atoms with van der Waals surface area (Å²) in [6.07, 6.45) is 0. The van der Waals surface area contributed by atoms with Crippen molar-refractivity contribution in [3.63, 3.8) is 0 Å². The molecule has 0 aromatic heterocycles. The Morgan fingerprint density at radius 3 is 2.61 bits per heavy atom. The number of benzene rings is 2. The summed E-state index contributed by atoms with van der Waals surface area (Å²) in [6, 6.07) is 12.2. The molecule has 2 aromatic carbocycles. The highest BCUT2D eigenvalue weighted by molar-refractivity contribution is 8.00. The van der Waals surface area contributed by atoms with E-state index < -0.39 is 4.92 Å². The van der Waals surface area contributed by atoms with E-state index in [1.54, 1.807) is 19.1 Å². The lowest BCUT2D eigenvalue weighted by Crippen LogP contribution is -2.23. The number of para-hydroxylation sites is 2. The monoisotopic (exact) mass is 330 g/mol. The third kappa shape index (κ3) is 4.32. The van der Waals surface area contributed by atoms with Crippen LogP contribution in [0.15, 0.2) is 47.4 Å². The quantitative estimate of drug-likeness (QED) is 0.503. The van der Waals surface area contributed by atoms with E-state index in [4.69, 9.17) is 0 Å². The molecule has 0 saturated heterocycles. The van der Waals surface area contributed by atoms with Gasteiger partial charge in [0.15, 0.2) is 0 Å². The van der Waals surface area contributed by atoms with Crippen LogP contribution in [0.3, 0.4) is 0 Å². The molecule has 0 radical (unpaired) electrons. The summed E-state index contributed by atoms with van der Waals surface area (Å²) in [5.74, 6) is -0.259. The van der Waals surface area contributed by atoms with Crippen molar-refractivity contribution in [3.05, 3.63) is 63.7 Å². The lowest BCUT2D eigenvalue weighted by molar-refractivity contribution is -0.383. The first-order valence-electron chi connectivity index (χ1n) is 7.16. The Morgan fingerprint density at radius 2 is 1.91 bits per heavy atom. The van der Waals surface area contributed by atoms with Crippen LogP contribution in [0.2, 0.25) is 0 Å². The number of nitrogens with zero attached hydrogens (tertiary/aromatic N) is 1. The van der Waals surface area contributed by atoms with Crippen molar-refractivity contribution in [1.82, 2.24) is 0 Å². The summed E-state index contributed by atoms with van der Waals surface area (Å²) in [5.41, 5.74) is 2.34. The Morgan fingerprint density at radius 1 is 1.22 bits per heavy atom. The van der Waals surface area contributed by atoms with E-state index >= 15 is 0 Å². The molecule has 0 spiro atoms. The molecule has 0 saturated carbocycles. The van der Waals surface area contributed by atoms with Gasteiger partial charge in [-0.2, -0.15) is 0 Å². The molecule has 0 aliphatic carbocycles. The Bertz CT molecular complexity index is 746. The van der Waals surface area contributed by atoms with Gasteiger partial charge in [-0.15, -0.1) is 11.8 Å². The van der Waals surface area contributed by atoms with Gasteiger partial charge in [0.1, 0.15) is 5.69 Å². The Labute approximate surface area is 139 Å². The van der Waals surface area contributed by atoms with Gasteiger partial charge in [-0.1, -0.05) is 29.8 Å². The molecule has 5 nitrogen and oxygen atoms in total. The van der Waals surface area contributed by atoms with Gasteiger partial charge < -0.3 is 5.32 Å². The second-order valence-corrected chi connectivity index (χ2v) is 6.68. The van der Waals surface area contributed by atoms with Crippen molar-refractivity contribution in [2.24, 2.45) is 0 Å². The van der Waals surface area contributed by atoms with Crippen molar-refractivity contribution in [2.75, 3.05) is 5.32 Å². The summed E-state index contributed by atoms with van der Waals surface area (Å²) in [4.78, 5) is 23.9. The van der Waals surface area contributed by atoms with Crippen molar-refractivity contribution in [3.8, 4) is 0 Å². The standard InChI is InChI=1S/C17H18N2O3S/c1-11-8-9-12(2)16(10-11)23-13(3)17(20)18-14-6-4-5-7-15(14)19(21)22/h4-10,13H,1-3H3,(H,18,20)/t13-/m1/s1. The molecule has 0 bridgehead atoms. The highest BCUT2D eigenvalue weighted by Gasteiger charge is 2.20. The van der Waals surface area contributed by atoms with Crippen LogP contribution in [0.1, 0.15) is 18.1 Å². The van der Waals surface area contributed by atoms with Gasteiger partial charge in [0.2, 0.25) is 5.91 Å². The first-order valence-corrected chi connectivity index (χ1v) is 8.04. The molecule has 1 N–H and O–H groups in total. The normalized spacial score (nSPS) is 11.8. The average molecular weight is 330 g/mol. The molecule has 2 rings (SSSR count). The molecule has 23 heavy (non-hydrogen) atoms. The summed E-state index contributed by atoms with van der Waals surface area (Å²) in [5, 5.41) is 13.3. The second kappa shape index (κ2) is 7.28. The van der Waals surface area contributed by atoms with Gasteiger partial charge in [0, 0.05) is 11.0 Å². The zero-order valence-electron chi connectivity index (χ0n) is 13.2. The average Bonchev–Trinajstić information content (AvgIpc) is 2.51. The largest absolute Gasteiger partial charge is 0.319 e. The Kier molecular flexibility index (Phi) is 5.39. The first kappa shape index (κ1) is 17.0. The van der Waals surface area contributed by atoms with Gasteiger partial charge >= 0.3 is 0 Å². The predicted molar refractivity (Wildman–Crippen MR) is 93.0 cm³/mol. The van der Waals surface area contributed by atoms with E-state index in [-0.39, 0.29) is 22.5 Å². The maximum atomic E-state index is 12.3. The fourth-order valence-corrected chi connectivity index (χ4v) is 3.11. The van der Waals surface area contributed by atoms with Crippen molar-refractivity contribution in [2.45, 2.75) is 30.9 Å². The van der Waals surface area contributed by atoms with Crippen LogP contribution in [0.25, 0.3) is 0 Å². The molecule has 0 fully saturated rings. The lowest BCUT2D eigenvalue weighted by Gasteiger charge is -2.14. The number of hydrogen-bond donors (Lipinski definition) is 1. The maximum absolute atomic E-state index is 12.3. The van der Waals surface area contributed by atoms with Crippen LogP contribution < -0.4 is 5.32 Å². The molecule has 0 aliphatic heterocycles. The van der Waals surface area contributed by atoms with E-state index in [2.05, 4.69) is 5.32 Å². The summed E-state index contributed by atoms with van der Waals surface area (Å²) in [7, 11) is 0. The molecule has 0 unspecified atom stereocenters. The number of aryl methyl sites for hydroxylation is 2. The maximum Gasteiger partial charge on any atom is 0.292 e. The zero-order valence-corrected chi connectivity index (χ0v) is 14.0. The smallest absolute Gasteiger partial charge is 0.292 e. The SMILES string of the molecule is Cc1ccc(C)c(S[C@H](C)C(=O)Nc2ccccc2[N+](=O)[O-])c1. The van der Waals surface area contributed by atoms with Crippen LogP contribution in [-0.4, -0.2) is 16.1 Å². The number of carbonyl (C=O) groups excluding carboxylic acids is 1. The number of nitro groups is 1. The minimum absolute atomic E-state index is 0.107. The third-order valence-electron chi connectivity index (χ3n) is 3.38. The van der Waals surface area contributed by atoms with Crippen LogP contribution >= 0.6 is 11.8 Å². The van der Waals surface area contributed by atoms with Crippen LogP contribution in [0.5, 0.6) is 0 Å². The minimum Gasteiger partial charge on any atom is -0.319 e. The number of thioether (sulfide) groups is 1. The Hall–Kier alpha value is -2.34. The van der Waals surface area contributed by atoms with Gasteiger partial charge in [-0.3, -0.25) is 14.9 Å². The molecule has 2 aromatic rings. The van der Waals surface area contributed by atoms with Gasteiger partial charge in [0.05, 0.1) is 10.2 Å². The fraction of sp³-hybridized carbons (Fsp3) is 0.235. The summed E-state index contributed by atoms with van der Waals surface area (Å²) in [6.45, 7) is 5.78. The lowest BCUT2D eigenvalue weighted by atomic mass is 10.2. The number of rotatable bonds is 5. The van der Waals surface area contributed by atoms with E-state index in [0.29, 0.717) is 0 Å².